The third-order valence-electron chi connectivity index (χ3n) is 5.10. The van der Waals surface area contributed by atoms with Gasteiger partial charge in [-0.25, -0.2) is 9.97 Å². The Labute approximate surface area is 155 Å². The number of carboxylic acid groups (broad SMARTS) is 1. The van der Waals surface area contributed by atoms with E-state index in [9.17, 15) is 9.90 Å². The predicted octanol–water partition coefficient (Wildman–Crippen LogP) is 3.65. The van der Waals surface area contributed by atoms with Crippen LogP contribution in [0.3, 0.4) is 0 Å². The quantitative estimate of drug-likeness (QED) is 0.859. The van der Waals surface area contributed by atoms with Crippen molar-refractivity contribution in [3.63, 3.8) is 0 Å². The Hall–Kier alpha value is -2.43. The molecule has 138 valence electrons. The average Bonchev–Trinajstić information content (AvgIpc) is 2.62. The predicted molar refractivity (Wildman–Crippen MR) is 102 cm³/mol. The van der Waals surface area contributed by atoms with Gasteiger partial charge in [-0.3, -0.25) is 4.79 Å². The second kappa shape index (κ2) is 7.85. The van der Waals surface area contributed by atoms with Crippen molar-refractivity contribution in [1.29, 1.82) is 0 Å². The minimum atomic E-state index is -0.774. The molecule has 0 spiro atoms. The van der Waals surface area contributed by atoms with Crippen LogP contribution in [0.2, 0.25) is 0 Å². The van der Waals surface area contributed by atoms with Crippen molar-refractivity contribution < 1.29 is 9.90 Å². The van der Waals surface area contributed by atoms with Crippen molar-refractivity contribution in [2.75, 3.05) is 18.0 Å². The van der Waals surface area contributed by atoms with E-state index in [2.05, 4.69) is 16.8 Å². The third-order valence-corrected chi connectivity index (χ3v) is 5.10. The standard InChI is InChI=1S/C21H27N3O2/c1-3-8-18-22-16(2)13-19(23-18)24-12-7-11-21(15-24,20(25)26)14-17-9-5-4-6-10-17/h4-6,9-10,13H,3,7-8,11-12,14-15H2,1-2H3,(H,25,26). The summed E-state index contributed by atoms with van der Waals surface area (Å²) >= 11 is 0. The molecule has 1 aromatic carbocycles. The summed E-state index contributed by atoms with van der Waals surface area (Å²) in [6.45, 7) is 5.41. The van der Waals surface area contributed by atoms with Crippen molar-refractivity contribution >= 4 is 11.8 Å². The largest absolute Gasteiger partial charge is 0.481 e. The number of anilines is 1. The molecule has 26 heavy (non-hydrogen) atoms. The number of hydrogen-bond acceptors (Lipinski definition) is 4. The van der Waals surface area contributed by atoms with E-state index in [1.165, 1.54) is 0 Å². The average molecular weight is 353 g/mol. The minimum Gasteiger partial charge on any atom is -0.481 e. The number of benzene rings is 1. The summed E-state index contributed by atoms with van der Waals surface area (Å²) in [5, 5.41) is 10.0. The number of carboxylic acids is 1. The number of aliphatic carboxylic acids is 1. The number of carbonyl (C=O) groups is 1. The van der Waals surface area contributed by atoms with Gasteiger partial charge in [0.15, 0.2) is 0 Å². The van der Waals surface area contributed by atoms with Crippen LogP contribution in [0.15, 0.2) is 36.4 Å². The highest BCUT2D eigenvalue weighted by Gasteiger charge is 2.43. The molecule has 1 unspecified atom stereocenters. The molecule has 3 rings (SSSR count). The molecule has 5 nitrogen and oxygen atoms in total. The normalized spacial score (nSPS) is 20.2. The summed E-state index contributed by atoms with van der Waals surface area (Å²) in [4.78, 5) is 23.6. The molecule has 0 amide bonds. The second-order valence-corrected chi connectivity index (χ2v) is 7.31. The van der Waals surface area contributed by atoms with Gasteiger partial charge in [0, 0.05) is 31.3 Å². The molecule has 2 aromatic rings. The third kappa shape index (κ3) is 4.03. The van der Waals surface area contributed by atoms with E-state index in [1.807, 2.05) is 43.3 Å². The zero-order valence-electron chi connectivity index (χ0n) is 15.6. The van der Waals surface area contributed by atoms with Gasteiger partial charge < -0.3 is 10.0 Å². The molecule has 1 aromatic heterocycles. The number of nitrogens with zero attached hydrogens (tertiary/aromatic N) is 3. The van der Waals surface area contributed by atoms with Crippen LogP contribution in [0.5, 0.6) is 0 Å². The molecule has 0 radical (unpaired) electrons. The number of hydrogen-bond donors (Lipinski definition) is 1. The van der Waals surface area contributed by atoms with Gasteiger partial charge >= 0.3 is 5.97 Å². The first-order valence-corrected chi connectivity index (χ1v) is 9.39. The molecule has 2 heterocycles. The molecule has 1 aliphatic rings. The van der Waals surface area contributed by atoms with E-state index in [0.717, 1.165) is 48.7 Å². The Morgan fingerprint density at radius 2 is 2.04 bits per heavy atom. The molecule has 1 saturated heterocycles. The Morgan fingerprint density at radius 3 is 2.73 bits per heavy atom. The van der Waals surface area contributed by atoms with Crippen LogP contribution in [0.4, 0.5) is 5.82 Å². The maximum atomic E-state index is 12.2. The van der Waals surface area contributed by atoms with Gasteiger partial charge in [0.25, 0.3) is 0 Å². The van der Waals surface area contributed by atoms with Crippen molar-refractivity contribution in [2.45, 2.75) is 46.0 Å². The van der Waals surface area contributed by atoms with Gasteiger partial charge in [-0.2, -0.15) is 0 Å². The van der Waals surface area contributed by atoms with Gasteiger partial charge in [-0.15, -0.1) is 0 Å². The highest BCUT2D eigenvalue weighted by Crippen LogP contribution is 2.36. The Morgan fingerprint density at radius 1 is 1.27 bits per heavy atom. The molecular weight excluding hydrogens is 326 g/mol. The van der Waals surface area contributed by atoms with Crippen LogP contribution in [-0.2, 0) is 17.6 Å². The first-order chi connectivity index (χ1) is 12.5. The van der Waals surface area contributed by atoms with Gasteiger partial charge in [-0.05, 0) is 38.2 Å². The number of piperidine rings is 1. The lowest BCUT2D eigenvalue weighted by atomic mass is 9.75. The van der Waals surface area contributed by atoms with Crippen LogP contribution in [0, 0.1) is 12.3 Å². The molecule has 5 heteroatoms. The lowest BCUT2D eigenvalue weighted by molar-refractivity contribution is -0.149. The molecule has 0 aliphatic carbocycles. The van der Waals surface area contributed by atoms with Crippen LogP contribution in [0.1, 0.15) is 43.3 Å². The fourth-order valence-corrected chi connectivity index (χ4v) is 3.82. The highest BCUT2D eigenvalue weighted by molar-refractivity contribution is 5.76. The first-order valence-electron chi connectivity index (χ1n) is 9.39. The van der Waals surface area contributed by atoms with Gasteiger partial charge in [0.05, 0.1) is 5.41 Å². The fourth-order valence-electron chi connectivity index (χ4n) is 3.82. The van der Waals surface area contributed by atoms with E-state index in [-0.39, 0.29) is 0 Å². The number of aromatic nitrogens is 2. The van der Waals surface area contributed by atoms with Gasteiger partial charge in [-0.1, -0.05) is 37.3 Å². The molecule has 1 atom stereocenters. The van der Waals surface area contributed by atoms with E-state index < -0.39 is 11.4 Å². The van der Waals surface area contributed by atoms with Crippen molar-refractivity contribution in [3.8, 4) is 0 Å². The molecule has 1 N–H and O–H groups in total. The minimum absolute atomic E-state index is 0.485. The van der Waals surface area contributed by atoms with Crippen LogP contribution < -0.4 is 4.90 Å². The lowest BCUT2D eigenvalue weighted by Crippen LogP contribution is -2.49. The summed E-state index contributed by atoms with van der Waals surface area (Å²) in [6.07, 6.45) is 3.93. The Kier molecular flexibility index (Phi) is 5.55. The summed E-state index contributed by atoms with van der Waals surface area (Å²) < 4.78 is 0. The summed E-state index contributed by atoms with van der Waals surface area (Å²) in [5.74, 6) is 0.988. The maximum absolute atomic E-state index is 12.2. The van der Waals surface area contributed by atoms with Crippen LogP contribution >= 0.6 is 0 Å². The van der Waals surface area contributed by atoms with Crippen LogP contribution in [-0.4, -0.2) is 34.1 Å². The van der Waals surface area contributed by atoms with Gasteiger partial charge in [0.2, 0.25) is 0 Å². The fraction of sp³-hybridized carbons (Fsp3) is 0.476. The Balaban J connectivity index is 1.88. The SMILES string of the molecule is CCCc1nc(C)cc(N2CCCC(Cc3ccccc3)(C(=O)O)C2)n1. The van der Waals surface area contributed by atoms with E-state index >= 15 is 0 Å². The summed E-state index contributed by atoms with van der Waals surface area (Å²) in [5.41, 5.74) is 1.24. The van der Waals surface area contributed by atoms with Crippen LogP contribution in [0.25, 0.3) is 0 Å². The van der Waals surface area contributed by atoms with E-state index in [0.29, 0.717) is 19.4 Å². The molecule has 1 aliphatic heterocycles. The molecule has 0 bridgehead atoms. The summed E-state index contributed by atoms with van der Waals surface area (Å²) in [6, 6.07) is 11.9. The smallest absolute Gasteiger partial charge is 0.311 e. The zero-order chi connectivity index (χ0) is 18.6. The molecular formula is C21H27N3O2. The highest BCUT2D eigenvalue weighted by atomic mass is 16.4. The number of aryl methyl sites for hydroxylation is 2. The number of rotatable bonds is 6. The van der Waals surface area contributed by atoms with E-state index in [1.54, 1.807) is 0 Å². The van der Waals surface area contributed by atoms with Gasteiger partial charge in [0.1, 0.15) is 11.6 Å². The molecule has 0 saturated carbocycles. The first kappa shape index (κ1) is 18.4. The topological polar surface area (TPSA) is 66.3 Å². The Bertz CT molecular complexity index is 763. The summed E-state index contributed by atoms with van der Waals surface area (Å²) in [7, 11) is 0. The molecule has 1 fully saturated rings. The lowest BCUT2D eigenvalue weighted by Gasteiger charge is -2.40. The van der Waals surface area contributed by atoms with Crippen molar-refractivity contribution in [1.82, 2.24) is 9.97 Å². The van der Waals surface area contributed by atoms with Crippen molar-refractivity contribution in [2.24, 2.45) is 5.41 Å². The second-order valence-electron chi connectivity index (χ2n) is 7.31. The maximum Gasteiger partial charge on any atom is 0.311 e. The zero-order valence-corrected chi connectivity index (χ0v) is 15.6. The monoisotopic (exact) mass is 353 g/mol. The van der Waals surface area contributed by atoms with E-state index in [4.69, 9.17) is 4.98 Å². The van der Waals surface area contributed by atoms with Crippen molar-refractivity contribution in [3.05, 3.63) is 53.5 Å².